The molecular weight excluding hydrogens is 482 g/mol. The molecule has 182 valence electrons. The lowest BCUT2D eigenvalue weighted by Gasteiger charge is -2.12. The van der Waals surface area contributed by atoms with Crippen molar-refractivity contribution in [2.75, 3.05) is 11.9 Å². The van der Waals surface area contributed by atoms with Crippen LogP contribution in [-0.2, 0) is 16.1 Å². The number of hydrogen-bond acceptors (Lipinski definition) is 7. The van der Waals surface area contributed by atoms with Gasteiger partial charge in [0, 0.05) is 17.8 Å². The topological polar surface area (TPSA) is 119 Å². The fraction of sp³-hybridized carbons (Fsp3) is 0.115. The van der Waals surface area contributed by atoms with Crippen LogP contribution in [0.3, 0.4) is 0 Å². The van der Waals surface area contributed by atoms with Crippen molar-refractivity contribution in [3.05, 3.63) is 105 Å². The smallest absolute Gasteiger partial charge is 0.293 e. The lowest BCUT2D eigenvalue weighted by molar-refractivity contribution is -0.384. The number of ether oxygens (including phenoxy) is 1. The Morgan fingerprint density at radius 1 is 1.08 bits per heavy atom. The summed E-state index contributed by atoms with van der Waals surface area (Å²) < 4.78 is 5.53. The molecule has 0 unspecified atom stereocenters. The highest BCUT2D eigenvalue weighted by Crippen LogP contribution is 2.33. The van der Waals surface area contributed by atoms with E-state index in [1.807, 2.05) is 25.1 Å². The van der Waals surface area contributed by atoms with Gasteiger partial charge in [-0.2, -0.15) is 0 Å². The number of nitrogens with zero attached hydrogens (tertiary/aromatic N) is 2. The van der Waals surface area contributed by atoms with Crippen molar-refractivity contribution in [3.8, 4) is 5.75 Å². The lowest BCUT2D eigenvalue weighted by atomic mass is 10.2. The minimum atomic E-state index is -0.511. The van der Waals surface area contributed by atoms with E-state index in [2.05, 4.69) is 5.32 Å². The Balaban J connectivity index is 1.33. The maximum absolute atomic E-state index is 12.8. The monoisotopic (exact) mass is 503 g/mol. The van der Waals surface area contributed by atoms with Crippen LogP contribution in [0.5, 0.6) is 5.75 Å². The second kappa shape index (κ2) is 10.9. The molecule has 10 heteroatoms. The van der Waals surface area contributed by atoms with Gasteiger partial charge in [0.15, 0.2) is 6.61 Å². The zero-order valence-electron chi connectivity index (χ0n) is 19.2. The highest BCUT2D eigenvalue weighted by atomic mass is 32.2. The Labute approximate surface area is 210 Å². The molecule has 0 atom stereocenters. The third-order valence-corrected chi connectivity index (χ3v) is 6.12. The molecule has 3 aromatic rings. The van der Waals surface area contributed by atoms with Crippen molar-refractivity contribution in [1.82, 2.24) is 4.90 Å². The number of benzene rings is 3. The molecule has 3 aromatic carbocycles. The zero-order valence-corrected chi connectivity index (χ0v) is 20.0. The Morgan fingerprint density at radius 3 is 2.47 bits per heavy atom. The zero-order chi connectivity index (χ0) is 25.7. The van der Waals surface area contributed by atoms with Crippen LogP contribution >= 0.6 is 11.8 Å². The van der Waals surface area contributed by atoms with Gasteiger partial charge in [-0.15, -0.1) is 0 Å². The number of non-ortho nitro benzene ring substituents is 1. The number of nitro groups is 1. The number of nitrogens with one attached hydrogen (secondary N) is 1. The first-order valence-corrected chi connectivity index (χ1v) is 11.7. The number of aryl methyl sites for hydroxylation is 1. The molecule has 0 saturated carbocycles. The highest BCUT2D eigenvalue weighted by Gasteiger charge is 2.35. The van der Waals surface area contributed by atoms with Crippen molar-refractivity contribution in [2.24, 2.45) is 0 Å². The molecule has 9 nitrogen and oxygen atoms in total. The van der Waals surface area contributed by atoms with Gasteiger partial charge >= 0.3 is 0 Å². The molecule has 1 aliphatic rings. The fourth-order valence-corrected chi connectivity index (χ4v) is 4.26. The summed E-state index contributed by atoms with van der Waals surface area (Å²) in [5.41, 5.74) is 2.96. The van der Waals surface area contributed by atoms with Crippen LogP contribution in [0, 0.1) is 17.0 Å². The lowest BCUT2D eigenvalue weighted by Crippen LogP contribution is -2.27. The van der Waals surface area contributed by atoms with E-state index in [4.69, 9.17) is 4.74 Å². The number of thioether (sulfide) groups is 1. The third kappa shape index (κ3) is 6.16. The van der Waals surface area contributed by atoms with Crippen molar-refractivity contribution < 1.29 is 24.0 Å². The first kappa shape index (κ1) is 24.7. The number of amides is 3. The largest absolute Gasteiger partial charge is 0.484 e. The SMILES string of the molecule is Cc1cccc(NC(=O)COc2ccc(/C=C3/SC(=O)N(Cc4ccc([N+](=O)[O-])cc4)C3=O)cc2)c1. The molecule has 1 fully saturated rings. The van der Waals surface area contributed by atoms with E-state index < -0.39 is 16.1 Å². The molecular formula is C26H21N3O6S. The van der Waals surface area contributed by atoms with Crippen LogP contribution in [0.15, 0.2) is 77.7 Å². The van der Waals surface area contributed by atoms with Gasteiger partial charge in [0.1, 0.15) is 5.75 Å². The summed E-state index contributed by atoms with van der Waals surface area (Å²) in [6.07, 6.45) is 1.61. The highest BCUT2D eigenvalue weighted by molar-refractivity contribution is 8.18. The van der Waals surface area contributed by atoms with E-state index in [0.717, 1.165) is 22.2 Å². The summed E-state index contributed by atoms with van der Waals surface area (Å²) in [5.74, 6) is -0.235. The number of carbonyl (C=O) groups excluding carboxylic acids is 3. The van der Waals surface area contributed by atoms with Gasteiger partial charge < -0.3 is 10.1 Å². The van der Waals surface area contributed by atoms with Crippen LogP contribution in [-0.4, -0.2) is 33.5 Å². The maximum atomic E-state index is 12.8. The molecule has 0 aliphatic carbocycles. The van der Waals surface area contributed by atoms with E-state index in [0.29, 0.717) is 22.6 Å². The average Bonchev–Trinajstić information content (AvgIpc) is 3.11. The normalized spacial score (nSPS) is 14.2. The molecule has 0 bridgehead atoms. The van der Waals surface area contributed by atoms with Gasteiger partial charge in [0.25, 0.3) is 22.7 Å². The van der Waals surface area contributed by atoms with Crippen LogP contribution in [0.25, 0.3) is 6.08 Å². The molecule has 0 aromatic heterocycles. The number of anilines is 1. The molecule has 0 radical (unpaired) electrons. The minimum Gasteiger partial charge on any atom is -0.484 e. The Bertz CT molecular complexity index is 1350. The summed E-state index contributed by atoms with van der Waals surface area (Å²) >= 11 is 0.830. The number of imide groups is 1. The molecule has 1 N–H and O–H groups in total. The van der Waals surface area contributed by atoms with Gasteiger partial charge in [-0.05, 0) is 65.7 Å². The minimum absolute atomic E-state index is 0.0252. The second-order valence-electron chi connectivity index (χ2n) is 7.97. The Hall–Kier alpha value is -4.44. The summed E-state index contributed by atoms with van der Waals surface area (Å²) in [5, 5.41) is 13.2. The van der Waals surface area contributed by atoms with Gasteiger partial charge in [-0.1, -0.05) is 36.4 Å². The number of nitro benzene ring substituents is 1. The van der Waals surface area contributed by atoms with Gasteiger partial charge in [0.2, 0.25) is 0 Å². The third-order valence-electron chi connectivity index (χ3n) is 5.21. The fourth-order valence-electron chi connectivity index (χ4n) is 3.42. The first-order chi connectivity index (χ1) is 17.3. The molecule has 3 amide bonds. The maximum Gasteiger partial charge on any atom is 0.293 e. The van der Waals surface area contributed by atoms with Crippen molar-refractivity contribution >= 4 is 46.3 Å². The van der Waals surface area contributed by atoms with Crippen LogP contribution in [0.2, 0.25) is 0 Å². The van der Waals surface area contributed by atoms with Crippen molar-refractivity contribution in [1.29, 1.82) is 0 Å². The Morgan fingerprint density at radius 2 is 1.81 bits per heavy atom. The van der Waals surface area contributed by atoms with E-state index in [1.54, 1.807) is 36.4 Å². The summed E-state index contributed by atoms with van der Waals surface area (Å²) in [4.78, 5) is 48.9. The van der Waals surface area contributed by atoms with E-state index in [9.17, 15) is 24.5 Å². The van der Waals surface area contributed by atoms with Gasteiger partial charge in [-0.3, -0.25) is 29.4 Å². The Kier molecular flexibility index (Phi) is 7.45. The molecule has 36 heavy (non-hydrogen) atoms. The molecule has 4 rings (SSSR count). The second-order valence-corrected chi connectivity index (χ2v) is 8.96. The van der Waals surface area contributed by atoms with Crippen LogP contribution in [0.1, 0.15) is 16.7 Å². The van der Waals surface area contributed by atoms with E-state index in [1.165, 1.54) is 24.3 Å². The van der Waals surface area contributed by atoms with Crippen LogP contribution in [0.4, 0.5) is 16.2 Å². The number of rotatable bonds is 8. The van der Waals surface area contributed by atoms with E-state index in [-0.39, 0.29) is 29.7 Å². The summed E-state index contributed by atoms with van der Waals surface area (Å²) in [6.45, 7) is 1.80. The summed E-state index contributed by atoms with van der Waals surface area (Å²) in [7, 11) is 0. The van der Waals surface area contributed by atoms with Crippen LogP contribution < -0.4 is 10.1 Å². The molecule has 1 aliphatic heterocycles. The first-order valence-electron chi connectivity index (χ1n) is 10.9. The predicted molar refractivity (Wildman–Crippen MR) is 136 cm³/mol. The van der Waals surface area contributed by atoms with Crippen molar-refractivity contribution in [2.45, 2.75) is 13.5 Å². The number of hydrogen-bond donors (Lipinski definition) is 1. The predicted octanol–water partition coefficient (Wildman–Crippen LogP) is 5.16. The molecule has 0 spiro atoms. The molecule has 1 saturated heterocycles. The summed E-state index contributed by atoms with van der Waals surface area (Å²) in [6, 6.07) is 19.9. The van der Waals surface area contributed by atoms with Gasteiger partial charge in [0.05, 0.1) is 16.4 Å². The standard InChI is InChI=1S/C26H21N3O6S/c1-17-3-2-4-20(13-17)27-24(30)16-35-22-11-7-18(8-12-22)14-23-25(31)28(26(32)36-23)15-19-5-9-21(10-6-19)29(33)34/h2-14H,15-16H2,1H3,(H,27,30)/b23-14+. The average molecular weight is 504 g/mol. The van der Waals surface area contributed by atoms with Gasteiger partial charge in [-0.25, -0.2) is 0 Å². The number of carbonyl (C=O) groups is 3. The molecule has 1 heterocycles. The van der Waals surface area contributed by atoms with Crippen molar-refractivity contribution in [3.63, 3.8) is 0 Å². The quantitative estimate of drug-likeness (QED) is 0.256. The van der Waals surface area contributed by atoms with E-state index >= 15 is 0 Å².